The molecular formula is C11H13NO3. The number of rotatable bonds is 5. The molecule has 0 saturated heterocycles. The molecule has 0 fully saturated rings. The number of carbonyl (C=O) groups is 2. The first-order chi connectivity index (χ1) is 7.18. The molecule has 0 aliphatic carbocycles. The molecule has 0 aliphatic rings. The van der Waals surface area contributed by atoms with E-state index in [0.29, 0.717) is 12.8 Å². The van der Waals surface area contributed by atoms with Crippen molar-refractivity contribution < 1.29 is 14.7 Å². The van der Waals surface area contributed by atoms with Gasteiger partial charge in [0.05, 0.1) is 0 Å². The van der Waals surface area contributed by atoms with Gasteiger partial charge in [-0.25, -0.2) is 0 Å². The topological polar surface area (TPSA) is 66.4 Å². The van der Waals surface area contributed by atoms with E-state index in [1.54, 1.807) is 0 Å². The number of aliphatic carboxylic acids is 1. The molecule has 80 valence electrons. The number of hydrogen-bond acceptors (Lipinski definition) is 2. The lowest BCUT2D eigenvalue weighted by atomic mass is 10.1. The number of nitrogens with one attached hydrogen (secondary N) is 1. The van der Waals surface area contributed by atoms with Gasteiger partial charge in [0.25, 0.3) is 0 Å². The van der Waals surface area contributed by atoms with Gasteiger partial charge in [0.2, 0.25) is 5.91 Å². The maximum Gasteiger partial charge on any atom is 0.322 e. The summed E-state index contributed by atoms with van der Waals surface area (Å²) in [5, 5.41) is 10.6. The number of benzene rings is 1. The summed E-state index contributed by atoms with van der Waals surface area (Å²) in [6, 6.07) is 9.60. The fourth-order valence-corrected chi connectivity index (χ4v) is 1.17. The van der Waals surface area contributed by atoms with Crippen LogP contribution in [0.25, 0.3) is 0 Å². The van der Waals surface area contributed by atoms with E-state index in [2.05, 4.69) is 5.32 Å². The van der Waals surface area contributed by atoms with Crippen molar-refractivity contribution in [3.05, 3.63) is 35.9 Å². The van der Waals surface area contributed by atoms with Gasteiger partial charge in [0.1, 0.15) is 6.54 Å². The molecule has 1 aromatic rings. The van der Waals surface area contributed by atoms with Crippen molar-refractivity contribution in [3.8, 4) is 0 Å². The molecule has 0 radical (unpaired) electrons. The molecule has 0 atom stereocenters. The first kappa shape index (κ1) is 11.2. The number of carbonyl (C=O) groups excluding carboxylic acids is 1. The third kappa shape index (κ3) is 4.81. The molecule has 0 spiro atoms. The van der Waals surface area contributed by atoms with Gasteiger partial charge in [-0.1, -0.05) is 30.3 Å². The molecule has 0 aromatic heterocycles. The number of carboxylic acids is 1. The van der Waals surface area contributed by atoms with Crippen molar-refractivity contribution in [1.82, 2.24) is 5.32 Å². The molecule has 0 bridgehead atoms. The van der Waals surface area contributed by atoms with Crippen molar-refractivity contribution in [2.24, 2.45) is 0 Å². The lowest BCUT2D eigenvalue weighted by Gasteiger charge is -2.02. The lowest BCUT2D eigenvalue weighted by Crippen LogP contribution is -2.29. The third-order valence-electron chi connectivity index (χ3n) is 1.92. The number of hydrogen-bond donors (Lipinski definition) is 2. The maximum absolute atomic E-state index is 11.1. The Hall–Kier alpha value is -1.84. The minimum Gasteiger partial charge on any atom is -0.480 e. The smallest absolute Gasteiger partial charge is 0.322 e. The highest BCUT2D eigenvalue weighted by atomic mass is 16.5. The van der Waals surface area contributed by atoms with Crippen molar-refractivity contribution >= 4 is 11.9 Å². The Morgan fingerprint density at radius 3 is 2.47 bits per heavy atom. The van der Waals surface area contributed by atoms with E-state index in [0.717, 1.165) is 5.56 Å². The zero-order chi connectivity index (χ0) is 11.1. The summed E-state index contributed by atoms with van der Waals surface area (Å²) in [7, 11) is 0. The van der Waals surface area contributed by atoms with Crippen LogP contribution in [0.2, 0.25) is 0 Å². The summed E-state index contributed by atoms with van der Waals surface area (Å²) in [6.07, 6.45) is 0.948. The highest BCUT2D eigenvalue weighted by molar-refractivity contribution is 5.81. The van der Waals surface area contributed by atoms with Crippen molar-refractivity contribution in [2.75, 3.05) is 6.54 Å². The molecular weight excluding hydrogens is 197 g/mol. The Morgan fingerprint density at radius 2 is 1.87 bits per heavy atom. The fourth-order valence-electron chi connectivity index (χ4n) is 1.17. The minimum atomic E-state index is -1.02. The second kappa shape index (κ2) is 5.80. The Balaban J connectivity index is 2.26. The minimum absolute atomic E-state index is 0.235. The normalized spacial score (nSPS) is 9.60. The van der Waals surface area contributed by atoms with E-state index in [4.69, 9.17) is 5.11 Å². The summed E-state index contributed by atoms with van der Waals surface area (Å²) in [4.78, 5) is 21.3. The van der Waals surface area contributed by atoms with Crippen LogP contribution in [-0.4, -0.2) is 23.5 Å². The summed E-state index contributed by atoms with van der Waals surface area (Å²) in [5.74, 6) is -1.26. The van der Waals surface area contributed by atoms with E-state index in [1.165, 1.54) is 0 Å². The molecule has 0 unspecified atom stereocenters. The second-order valence-corrected chi connectivity index (χ2v) is 3.16. The predicted molar refractivity (Wildman–Crippen MR) is 55.4 cm³/mol. The lowest BCUT2D eigenvalue weighted by molar-refractivity contribution is -0.137. The van der Waals surface area contributed by atoms with Crippen molar-refractivity contribution in [3.63, 3.8) is 0 Å². The van der Waals surface area contributed by atoms with Gasteiger partial charge in [0.15, 0.2) is 0 Å². The molecule has 15 heavy (non-hydrogen) atoms. The van der Waals surface area contributed by atoms with Crippen LogP contribution in [-0.2, 0) is 16.0 Å². The van der Waals surface area contributed by atoms with Gasteiger partial charge in [0, 0.05) is 6.42 Å². The quantitative estimate of drug-likeness (QED) is 0.558. The van der Waals surface area contributed by atoms with E-state index >= 15 is 0 Å². The first-order valence-electron chi connectivity index (χ1n) is 4.71. The van der Waals surface area contributed by atoms with Gasteiger partial charge in [-0.3, -0.25) is 9.59 Å². The van der Waals surface area contributed by atoms with Gasteiger partial charge in [-0.15, -0.1) is 0 Å². The van der Waals surface area contributed by atoms with Gasteiger partial charge < -0.3 is 10.4 Å². The van der Waals surface area contributed by atoms with E-state index in [9.17, 15) is 9.59 Å². The molecule has 0 aliphatic heterocycles. The number of carboxylic acid groups (broad SMARTS) is 1. The Kier molecular flexibility index (Phi) is 4.34. The van der Waals surface area contributed by atoms with Crippen LogP contribution in [0.4, 0.5) is 0 Å². The third-order valence-corrected chi connectivity index (χ3v) is 1.92. The SMILES string of the molecule is O=C(CCc1ccccc1)[15NH][13CH2][13C](=O)O. The molecule has 1 aromatic carbocycles. The first-order valence-corrected chi connectivity index (χ1v) is 4.71. The Morgan fingerprint density at radius 1 is 1.20 bits per heavy atom. The molecule has 4 nitrogen and oxygen atoms in total. The van der Waals surface area contributed by atoms with Crippen LogP contribution in [0, 0.1) is 0 Å². The average Bonchev–Trinajstić information content (AvgIpc) is 2.25. The van der Waals surface area contributed by atoms with Crippen molar-refractivity contribution in [2.45, 2.75) is 12.8 Å². The van der Waals surface area contributed by atoms with Crippen LogP contribution in [0.1, 0.15) is 12.0 Å². The highest BCUT2D eigenvalue weighted by Crippen LogP contribution is 2.01. The molecule has 1 amide bonds. The Bertz CT molecular complexity index is 335. The molecule has 2 N–H and O–H groups in total. The Labute approximate surface area is 87.9 Å². The van der Waals surface area contributed by atoms with Gasteiger partial charge >= 0.3 is 5.97 Å². The van der Waals surface area contributed by atoms with E-state index in [1.807, 2.05) is 30.3 Å². The van der Waals surface area contributed by atoms with Crippen LogP contribution in [0.3, 0.4) is 0 Å². The predicted octanol–water partition coefficient (Wildman–Crippen LogP) is 0.820. The van der Waals surface area contributed by atoms with Crippen LogP contribution < -0.4 is 5.32 Å². The van der Waals surface area contributed by atoms with Crippen molar-refractivity contribution in [1.29, 1.82) is 0 Å². The molecule has 1 rings (SSSR count). The van der Waals surface area contributed by atoms with Crippen LogP contribution in [0.15, 0.2) is 30.3 Å². The summed E-state index contributed by atoms with van der Waals surface area (Å²) in [5.41, 5.74) is 1.07. The summed E-state index contributed by atoms with van der Waals surface area (Å²) in [6.45, 7) is -0.312. The monoisotopic (exact) mass is 210 g/mol. The highest BCUT2D eigenvalue weighted by Gasteiger charge is 2.03. The average molecular weight is 210 g/mol. The van der Waals surface area contributed by atoms with E-state index in [-0.39, 0.29) is 12.5 Å². The molecule has 4 heteroatoms. The zero-order valence-electron chi connectivity index (χ0n) is 8.27. The van der Waals surface area contributed by atoms with Crippen LogP contribution >= 0.6 is 0 Å². The van der Waals surface area contributed by atoms with Gasteiger partial charge in [-0.05, 0) is 12.0 Å². The largest absolute Gasteiger partial charge is 0.480 e. The van der Waals surface area contributed by atoms with Gasteiger partial charge in [-0.2, -0.15) is 0 Å². The maximum atomic E-state index is 11.1. The second-order valence-electron chi connectivity index (χ2n) is 3.16. The standard InChI is InChI=1S/C11H13NO3/c13-10(12-8-11(14)15)7-6-9-4-2-1-3-5-9/h1-5H,6-8H2,(H,12,13)(H,14,15)/i8+1,11+1,12+1. The molecule has 0 heterocycles. The molecule has 0 saturated carbocycles. The summed E-state index contributed by atoms with van der Waals surface area (Å²) >= 11 is 0. The number of aryl methyl sites for hydroxylation is 1. The fraction of sp³-hybridized carbons (Fsp3) is 0.273. The van der Waals surface area contributed by atoms with E-state index < -0.39 is 5.97 Å². The number of amides is 1. The zero-order valence-corrected chi connectivity index (χ0v) is 8.27. The summed E-state index contributed by atoms with van der Waals surface area (Å²) < 4.78 is 0. The van der Waals surface area contributed by atoms with Crippen LogP contribution in [0.5, 0.6) is 0 Å².